The summed E-state index contributed by atoms with van der Waals surface area (Å²) in [4.78, 5) is 8.62. The van der Waals surface area contributed by atoms with Gasteiger partial charge in [0.2, 0.25) is 5.95 Å². The standard InChI is InChI=1S/C27H21F2N3O3/c1-26(14-33-15-26)10-9-22-27(32-23(30)13-34-22)18-5-2-6-20(28)24(18)35-21-8-7-16(12-19(21)27)17-4-3-11-31-25(17)29/h2-8,11-12,22H,13-15H2,1H3,(H2,30,32)/t22?,27-/m1/s1. The molecule has 8 heteroatoms. The Morgan fingerprint density at radius 3 is 2.71 bits per heavy atom. The van der Waals surface area contributed by atoms with Gasteiger partial charge in [0, 0.05) is 22.9 Å². The van der Waals surface area contributed by atoms with Crippen LogP contribution in [0.1, 0.15) is 18.1 Å². The van der Waals surface area contributed by atoms with E-state index in [1.54, 1.807) is 42.5 Å². The second-order valence-corrected chi connectivity index (χ2v) is 9.15. The zero-order chi connectivity index (χ0) is 24.2. The van der Waals surface area contributed by atoms with E-state index < -0.39 is 23.4 Å². The average molecular weight is 473 g/mol. The van der Waals surface area contributed by atoms with E-state index >= 15 is 4.39 Å². The number of fused-ring (bicyclic) bond motifs is 4. The SMILES string of the molecule is CC1(C#CC2OCC(N)=N[C@]23c2cc(-c4cccnc4F)ccc2Oc2c(F)cccc23)COC1. The van der Waals surface area contributed by atoms with Crippen molar-refractivity contribution in [3.05, 3.63) is 77.6 Å². The molecular weight excluding hydrogens is 452 g/mol. The lowest BCUT2D eigenvalue weighted by molar-refractivity contribution is -0.0651. The second kappa shape index (κ2) is 7.87. The number of halogens is 2. The Kier molecular flexibility index (Phi) is 4.88. The molecule has 0 bridgehead atoms. The Labute approximate surface area is 200 Å². The number of nitrogens with zero attached hydrogens (tertiary/aromatic N) is 2. The van der Waals surface area contributed by atoms with Crippen LogP contribution in [0.3, 0.4) is 0 Å². The summed E-state index contributed by atoms with van der Waals surface area (Å²) in [5.41, 5.74) is 6.42. The maximum atomic E-state index is 15.0. The lowest BCUT2D eigenvalue weighted by Crippen LogP contribution is -2.49. The number of rotatable bonds is 1. The summed E-state index contributed by atoms with van der Waals surface area (Å²) in [5, 5.41) is 0. The quantitative estimate of drug-likeness (QED) is 0.424. The smallest absolute Gasteiger partial charge is 0.220 e. The molecule has 0 saturated carbocycles. The first kappa shape index (κ1) is 21.7. The molecule has 3 aliphatic rings. The van der Waals surface area contributed by atoms with Crippen LogP contribution >= 0.6 is 0 Å². The summed E-state index contributed by atoms with van der Waals surface area (Å²) in [6.07, 6.45) is 0.585. The molecule has 2 atom stereocenters. The molecule has 2 N–H and O–H groups in total. The van der Waals surface area contributed by atoms with Crippen molar-refractivity contribution < 1.29 is 23.0 Å². The van der Waals surface area contributed by atoms with Gasteiger partial charge < -0.3 is 19.9 Å². The lowest BCUT2D eigenvalue weighted by atomic mass is 9.74. The molecule has 1 aromatic heterocycles. The molecule has 1 spiro atoms. The van der Waals surface area contributed by atoms with Crippen LogP contribution in [0.15, 0.2) is 59.7 Å². The fraction of sp³-hybridized carbons (Fsp3) is 0.259. The molecule has 176 valence electrons. The molecule has 6 rings (SSSR count). The Balaban J connectivity index is 1.62. The van der Waals surface area contributed by atoms with Gasteiger partial charge in [-0.2, -0.15) is 4.39 Å². The Morgan fingerprint density at radius 2 is 1.94 bits per heavy atom. The van der Waals surface area contributed by atoms with Gasteiger partial charge in [-0.3, -0.25) is 4.99 Å². The largest absolute Gasteiger partial charge is 0.453 e. The van der Waals surface area contributed by atoms with Crippen LogP contribution < -0.4 is 10.5 Å². The number of para-hydroxylation sites is 1. The number of hydrogen-bond acceptors (Lipinski definition) is 6. The summed E-state index contributed by atoms with van der Waals surface area (Å²) in [5.74, 6) is 5.99. The molecule has 3 aromatic rings. The number of aromatic nitrogens is 1. The molecule has 35 heavy (non-hydrogen) atoms. The Hall–Kier alpha value is -3.80. The first-order valence-electron chi connectivity index (χ1n) is 11.2. The minimum absolute atomic E-state index is 0.0346. The number of pyridine rings is 1. The molecular formula is C27H21F2N3O3. The maximum absolute atomic E-state index is 15.0. The van der Waals surface area contributed by atoms with Gasteiger partial charge in [0.1, 0.15) is 18.2 Å². The Bertz CT molecular complexity index is 1440. The second-order valence-electron chi connectivity index (χ2n) is 9.15. The molecule has 2 aromatic carbocycles. The van der Waals surface area contributed by atoms with E-state index in [1.807, 2.05) is 6.92 Å². The molecule has 4 heterocycles. The van der Waals surface area contributed by atoms with Crippen LogP contribution in [-0.2, 0) is 15.0 Å². The third-order valence-electron chi connectivity index (χ3n) is 6.49. The van der Waals surface area contributed by atoms with Crippen LogP contribution in [0.4, 0.5) is 8.78 Å². The van der Waals surface area contributed by atoms with E-state index in [9.17, 15) is 4.39 Å². The van der Waals surface area contributed by atoms with E-state index in [0.29, 0.717) is 41.2 Å². The van der Waals surface area contributed by atoms with Gasteiger partial charge in [-0.25, -0.2) is 9.37 Å². The van der Waals surface area contributed by atoms with E-state index in [-0.39, 0.29) is 23.6 Å². The Morgan fingerprint density at radius 1 is 1.09 bits per heavy atom. The molecule has 1 unspecified atom stereocenters. The summed E-state index contributed by atoms with van der Waals surface area (Å²) < 4.78 is 47.0. The number of aliphatic imine (C=N–C) groups is 1. The first-order valence-corrected chi connectivity index (χ1v) is 11.2. The minimum atomic E-state index is -1.32. The van der Waals surface area contributed by atoms with Crippen molar-refractivity contribution in [2.24, 2.45) is 16.1 Å². The third-order valence-corrected chi connectivity index (χ3v) is 6.49. The average Bonchev–Trinajstić information content (AvgIpc) is 2.83. The zero-order valence-electron chi connectivity index (χ0n) is 18.8. The molecule has 1 fully saturated rings. The minimum Gasteiger partial charge on any atom is -0.453 e. The number of hydrogen-bond donors (Lipinski definition) is 1. The van der Waals surface area contributed by atoms with Gasteiger partial charge in [-0.1, -0.05) is 30.0 Å². The highest BCUT2D eigenvalue weighted by Gasteiger charge is 2.52. The summed E-state index contributed by atoms with van der Waals surface area (Å²) in [7, 11) is 0. The van der Waals surface area contributed by atoms with Crippen molar-refractivity contribution >= 4 is 5.84 Å². The summed E-state index contributed by atoms with van der Waals surface area (Å²) in [6.45, 7) is 3.11. The molecule has 0 amide bonds. The summed E-state index contributed by atoms with van der Waals surface area (Å²) >= 11 is 0. The van der Waals surface area contributed by atoms with Crippen molar-refractivity contribution in [3.8, 4) is 34.5 Å². The van der Waals surface area contributed by atoms with Crippen LogP contribution in [0.2, 0.25) is 0 Å². The van der Waals surface area contributed by atoms with Crippen molar-refractivity contribution in [2.45, 2.75) is 18.6 Å². The summed E-state index contributed by atoms with van der Waals surface area (Å²) in [6, 6.07) is 13.1. The van der Waals surface area contributed by atoms with E-state index in [2.05, 4.69) is 16.8 Å². The van der Waals surface area contributed by atoms with Crippen molar-refractivity contribution in [1.29, 1.82) is 0 Å². The molecule has 0 radical (unpaired) electrons. The zero-order valence-corrected chi connectivity index (χ0v) is 18.8. The van der Waals surface area contributed by atoms with Gasteiger partial charge in [0.15, 0.2) is 23.2 Å². The number of ether oxygens (including phenoxy) is 3. The number of nitrogens with two attached hydrogens (primary N) is 1. The highest BCUT2D eigenvalue weighted by molar-refractivity contribution is 5.84. The van der Waals surface area contributed by atoms with Crippen LogP contribution in [0.5, 0.6) is 11.5 Å². The van der Waals surface area contributed by atoms with E-state index in [0.717, 1.165) is 0 Å². The van der Waals surface area contributed by atoms with Gasteiger partial charge in [-0.15, -0.1) is 0 Å². The van der Waals surface area contributed by atoms with E-state index in [1.165, 1.54) is 12.3 Å². The van der Waals surface area contributed by atoms with Gasteiger partial charge in [-0.05, 0) is 42.8 Å². The maximum Gasteiger partial charge on any atom is 0.220 e. The topological polar surface area (TPSA) is 79.0 Å². The highest BCUT2D eigenvalue weighted by Crippen LogP contribution is 2.54. The fourth-order valence-corrected chi connectivity index (χ4v) is 4.73. The third kappa shape index (κ3) is 3.39. The number of benzene rings is 2. The van der Waals surface area contributed by atoms with Gasteiger partial charge in [0.25, 0.3) is 0 Å². The highest BCUT2D eigenvalue weighted by atomic mass is 19.1. The molecule has 0 aliphatic carbocycles. The van der Waals surface area contributed by atoms with Crippen molar-refractivity contribution in [3.63, 3.8) is 0 Å². The molecule has 6 nitrogen and oxygen atoms in total. The molecule has 3 aliphatic heterocycles. The fourth-order valence-electron chi connectivity index (χ4n) is 4.73. The normalized spacial score (nSPS) is 23.6. The predicted molar refractivity (Wildman–Crippen MR) is 125 cm³/mol. The monoisotopic (exact) mass is 473 g/mol. The predicted octanol–water partition coefficient (Wildman–Crippen LogP) is 4.17. The van der Waals surface area contributed by atoms with E-state index in [4.69, 9.17) is 24.9 Å². The van der Waals surface area contributed by atoms with Crippen molar-refractivity contribution in [2.75, 3.05) is 19.8 Å². The van der Waals surface area contributed by atoms with Crippen LogP contribution in [0, 0.1) is 29.0 Å². The van der Waals surface area contributed by atoms with Crippen molar-refractivity contribution in [1.82, 2.24) is 4.98 Å². The van der Waals surface area contributed by atoms with Crippen LogP contribution in [0.25, 0.3) is 11.1 Å². The lowest BCUT2D eigenvalue weighted by Gasteiger charge is -2.43. The van der Waals surface area contributed by atoms with Gasteiger partial charge in [0.05, 0.1) is 18.6 Å². The van der Waals surface area contributed by atoms with Crippen LogP contribution in [-0.4, -0.2) is 36.7 Å². The van der Waals surface area contributed by atoms with Gasteiger partial charge >= 0.3 is 0 Å². The molecule has 1 saturated heterocycles. The number of amidine groups is 1. The first-order chi connectivity index (χ1) is 16.9.